The minimum absolute atomic E-state index is 0.0221. The molecule has 0 unspecified atom stereocenters. The van der Waals surface area contributed by atoms with Crippen molar-refractivity contribution < 1.29 is 5.11 Å². The number of hydrogen-bond donors (Lipinski definition) is 1. The Morgan fingerprint density at radius 1 is 0.370 bits per heavy atom. The van der Waals surface area contributed by atoms with Gasteiger partial charge in [0.2, 0.25) is 0 Å². The van der Waals surface area contributed by atoms with Gasteiger partial charge in [-0.2, -0.15) is 0 Å². The summed E-state index contributed by atoms with van der Waals surface area (Å²) in [5.74, 6) is -0.956. The molecule has 0 bridgehead atoms. The molecule has 7 aromatic carbocycles. The monoisotopic (exact) mass is 861 g/mol. The molecule has 8 rings (SSSR count). The van der Waals surface area contributed by atoms with Crippen LogP contribution in [0.1, 0.15) is 6.92 Å². The maximum atomic E-state index is 11.7. The summed E-state index contributed by atoms with van der Waals surface area (Å²) in [7, 11) is 180. The van der Waals surface area contributed by atoms with E-state index in [1.165, 1.54) is 11.5 Å². The number of phenols is 1. The van der Waals surface area contributed by atoms with E-state index in [9.17, 15) is 5.11 Å². The van der Waals surface area contributed by atoms with E-state index in [1.807, 2.05) is 0 Å². The summed E-state index contributed by atoms with van der Waals surface area (Å²) < 4.78 is 1.18. The van der Waals surface area contributed by atoms with Gasteiger partial charge in [0.05, 0.1) is 0 Å². The normalized spacial score (nSPS) is 12.5. The average molecular weight is 856 g/mol. The summed E-state index contributed by atoms with van der Waals surface area (Å²) in [5, 5.41) is 11.1. The molecule has 0 fully saturated rings. The Bertz CT molecular complexity index is 4030. The van der Waals surface area contributed by atoms with E-state index < -0.39 is 5.75 Å². The van der Waals surface area contributed by atoms with Crippen LogP contribution in [-0.2, 0) is 0 Å². The van der Waals surface area contributed by atoms with Crippen molar-refractivity contribution in [2.24, 2.45) is 0 Å². The molecule has 0 atom stereocenters. The van der Waals surface area contributed by atoms with Crippen LogP contribution in [0.4, 0.5) is 0 Å². The Balaban J connectivity index is 1.65. The zero-order valence-electron chi connectivity index (χ0n) is 38.9. The van der Waals surface area contributed by atoms with E-state index in [2.05, 4.69) is 0 Å². The number of nitrogens with zero attached hydrogens (tertiary/aromatic N) is 2. The fraction of sp³-hybridized carbons (Fsp3) is 0.0233. The molecule has 30 heteroatoms. The molecular weight excluding hydrogens is 852 g/mol. The van der Waals surface area contributed by atoms with Crippen LogP contribution in [0.15, 0.2) is 10.9 Å². The van der Waals surface area contributed by atoms with Gasteiger partial charge in [-0.1, -0.05) is 0 Å². The van der Waals surface area contributed by atoms with Crippen LogP contribution in [0, 0.1) is 5.11 Å². The molecule has 1 N–H and O–H groups in total. The summed E-state index contributed by atoms with van der Waals surface area (Å²) >= 11 is 0. The third-order valence-electron chi connectivity index (χ3n) is 13.4. The van der Waals surface area contributed by atoms with Crippen LogP contribution in [-0.4, -0.2) is 226 Å². The fourth-order valence-electron chi connectivity index (χ4n) is 9.35. The number of phenolic OH excluding ortho intramolecular Hbond substituents is 1. The second-order valence-electron chi connectivity index (χ2n) is 17.4. The van der Waals surface area contributed by atoms with Crippen molar-refractivity contribution in [3.8, 4) is 45.1 Å². The molecule has 0 aliphatic carbocycles. The topological polar surface area (TPSA) is 38.0 Å². The zero-order valence-corrected chi connectivity index (χ0v) is 38.9. The number of allylic oxidation sites excluding steroid dienone is 2. The van der Waals surface area contributed by atoms with E-state index in [0.717, 1.165) is 0 Å². The van der Waals surface area contributed by atoms with Crippen LogP contribution >= 0.6 is 0 Å². The summed E-state index contributed by atoms with van der Waals surface area (Å²) in [4.78, 5) is 4.76. The Labute approximate surface area is 460 Å². The molecule has 53 radical (unpaired) electrons. The van der Waals surface area contributed by atoms with Crippen molar-refractivity contribution >= 4 is 375 Å². The van der Waals surface area contributed by atoms with Gasteiger partial charge in [-0.05, 0) is 0 Å². The zero-order chi connectivity index (χ0) is 54.5. The summed E-state index contributed by atoms with van der Waals surface area (Å²) in [6.45, 7) is 1.46. The predicted octanol–water partition coefficient (Wildman–Crippen LogP) is -19.4. The van der Waals surface area contributed by atoms with Crippen LogP contribution < -0.4 is 131 Å². The molecule has 0 aliphatic heterocycles. The van der Waals surface area contributed by atoms with Crippen molar-refractivity contribution in [2.75, 3.05) is 0 Å². The second kappa shape index (κ2) is 19.1. The van der Waals surface area contributed by atoms with Crippen LogP contribution in [0.5, 0.6) is 5.75 Å². The molecule has 0 saturated heterocycles. The Morgan fingerprint density at radius 3 is 1.22 bits per heavy atom. The fourth-order valence-corrected chi connectivity index (χ4v) is 9.35. The Morgan fingerprint density at radius 2 is 0.726 bits per heavy atom. The molecule has 3 nitrogen and oxygen atoms in total. The third-order valence-corrected chi connectivity index (χ3v) is 13.4. The van der Waals surface area contributed by atoms with Gasteiger partial charge in [0.25, 0.3) is 0 Å². The second-order valence-corrected chi connectivity index (χ2v) is 17.4. The number of imidazole rings is 1. The van der Waals surface area contributed by atoms with Gasteiger partial charge in [-0.15, -0.1) is 0 Å². The van der Waals surface area contributed by atoms with E-state index >= 15 is 0 Å². The number of aromatic hydroxyl groups is 1. The third kappa shape index (κ3) is 7.63. The molecule has 1 aromatic heterocycles. The number of aromatic nitrogens is 2. The van der Waals surface area contributed by atoms with Gasteiger partial charge in [0.1, 0.15) is 7.85 Å². The number of fused-ring (bicyclic) bond motifs is 3. The molecule has 8 aromatic rings. The number of rotatable bonds is 5. The van der Waals surface area contributed by atoms with Gasteiger partial charge in [-0.3, -0.25) is 0 Å². The molecule has 1 heterocycles. The average Bonchev–Trinajstić information content (AvgIpc) is 3.73. The molecule has 0 aliphatic rings. The number of benzene rings is 7. The van der Waals surface area contributed by atoms with E-state index in [-0.39, 0.29) is 224 Å². The van der Waals surface area contributed by atoms with Crippen LogP contribution in [0.3, 0.4) is 0 Å². The predicted molar refractivity (Wildman–Crippen MR) is 336 cm³/mol. The van der Waals surface area contributed by atoms with Crippen molar-refractivity contribution in [1.29, 1.82) is 0 Å². The van der Waals surface area contributed by atoms with Crippen molar-refractivity contribution in [1.82, 2.24) is 9.55 Å². The number of hydrogen-bond acceptors (Lipinski definition) is 2. The summed E-state index contributed by atoms with van der Waals surface area (Å²) in [6.07, 6.45) is 0. The van der Waals surface area contributed by atoms with Gasteiger partial charge >= 0.3 is 455 Å². The summed E-state index contributed by atoms with van der Waals surface area (Å²) in [5.41, 5.74) is -6.83. The van der Waals surface area contributed by atoms with Gasteiger partial charge in [0, 0.05) is 0 Å². The van der Waals surface area contributed by atoms with Crippen molar-refractivity contribution in [2.45, 2.75) is 6.92 Å². The molecule has 73 heavy (non-hydrogen) atoms. The first-order valence-electron chi connectivity index (χ1n) is 21.1. The molecule has 0 amide bonds. The molecule has 273 valence electrons. The van der Waals surface area contributed by atoms with Gasteiger partial charge in [0.15, 0.2) is 0 Å². The first kappa shape index (κ1) is 54.9. The summed E-state index contributed by atoms with van der Waals surface area (Å²) in [6, 6.07) is 0. The van der Waals surface area contributed by atoms with Crippen molar-refractivity contribution in [3.05, 3.63) is 21.3 Å². The molecule has 0 spiro atoms. The van der Waals surface area contributed by atoms with Gasteiger partial charge in [-0.25, -0.2) is 0 Å². The van der Waals surface area contributed by atoms with Crippen LogP contribution in [0.25, 0.3) is 77.4 Å². The Hall–Kier alpha value is -4.31. The standard InChI is InChI=1S/C43H4B27N2O/c1-2(44)13(45)18(50)7-3(8-15(47)10-11(22(54)19(8)51)24(56)30(62)29(61)23(10)55)4-5(17(49)28(60)27(59)16(4)48)6(14(7)46)9-20(52)25(57)12(26(58)21(9)53)43-71-39-35(67)31(63)32(64)36(68)40(39)72(43)41-37(69)33(65)34(66)38(70)42(41)73/h73H,1H3/b13-2-,18-7+. The van der Waals surface area contributed by atoms with E-state index in [4.69, 9.17) is 216 Å². The first-order chi connectivity index (χ1) is 33.9. The van der Waals surface area contributed by atoms with Crippen LogP contribution in [0.2, 0.25) is 0 Å². The SMILES string of the molecule is [B]/C(C)=C([B])/C([B])=c1/c(-c2c([B])c([B])c3c([B])c([B])c([B])c([B])c3c2[B])c2c([B])c([B])c([B])c([B])c2c(-c2c([B])c([B])c(-c3nc4c([B])c([B])c([B])c([B])c4n3-c3c([B])c([B])c([B])c([B])c3O)c([B])c2[B])c1=[B]. The molecular formula is C43H4B27N2O. The quantitative estimate of drug-likeness (QED) is 0.175. The van der Waals surface area contributed by atoms with E-state index in [1.54, 1.807) is 0 Å². The molecule has 0 saturated carbocycles. The first-order valence-corrected chi connectivity index (χ1v) is 21.1. The maximum absolute atomic E-state index is 11.7. The van der Waals surface area contributed by atoms with Crippen molar-refractivity contribution in [3.63, 3.8) is 0 Å². The van der Waals surface area contributed by atoms with Gasteiger partial charge < -0.3 is 0 Å². The van der Waals surface area contributed by atoms with E-state index in [0.29, 0.717) is 0 Å². The minimum atomic E-state index is -0.687. The Kier molecular flexibility index (Phi) is 14.3.